The van der Waals surface area contributed by atoms with Crippen molar-refractivity contribution in [2.75, 3.05) is 13.1 Å². The summed E-state index contributed by atoms with van der Waals surface area (Å²) in [5, 5.41) is 10.4. The zero-order chi connectivity index (χ0) is 14.8. The van der Waals surface area contributed by atoms with Gasteiger partial charge >= 0.3 is 0 Å². The van der Waals surface area contributed by atoms with E-state index in [-0.39, 0.29) is 36.2 Å². The van der Waals surface area contributed by atoms with E-state index >= 15 is 0 Å². The van der Waals surface area contributed by atoms with Crippen molar-refractivity contribution < 1.29 is 9.32 Å². The van der Waals surface area contributed by atoms with E-state index in [9.17, 15) is 4.79 Å². The molecule has 7 heteroatoms. The van der Waals surface area contributed by atoms with Crippen LogP contribution in [0.4, 0.5) is 0 Å². The van der Waals surface area contributed by atoms with Crippen molar-refractivity contribution >= 4 is 18.3 Å². The van der Waals surface area contributed by atoms with Gasteiger partial charge in [-0.1, -0.05) is 19.0 Å². The molecule has 3 rings (SSSR count). The molecule has 1 unspecified atom stereocenters. The van der Waals surface area contributed by atoms with Crippen LogP contribution in [-0.2, 0) is 4.79 Å². The van der Waals surface area contributed by atoms with Crippen molar-refractivity contribution in [2.24, 2.45) is 11.8 Å². The molecule has 2 fully saturated rings. The highest BCUT2D eigenvalue weighted by Crippen LogP contribution is 2.38. The summed E-state index contributed by atoms with van der Waals surface area (Å²) < 4.78 is 5.39. The average molecular weight is 329 g/mol. The highest BCUT2D eigenvalue weighted by atomic mass is 35.5. The minimum atomic E-state index is -0.188. The number of halogens is 1. The Labute approximate surface area is 137 Å². The highest BCUT2D eigenvalue weighted by Gasteiger charge is 2.32. The van der Waals surface area contributed by atoms with E-state index in [0.29, 0.717) is 11.8 Å². The minimum absolute atomic E-state index is 0. The summed E-state index contributed by atoms with van der Waals surface area (Å²) in [7, 11) is 0. The SMILES string of the molecule is CC(C)C(NC(=O)C1CCNCC1)c1nc(C2CC2)no1.Cl. The molecule has 2 heterocycles. The monoisotopic (exact) mass is 328 g/mol. The quantitative estimate of drug-likeness (QED) is 0.866. The van der Waals surface area contributed by atoms with Crippen LogP contribution in [0.15, 0.2) is 4.52 Å². The van der Waals surface area contributed by atoms with E-state index in [1.165, 1.54) is 0 Å². The van der Waals surface area contributed by atoms with E-state index in [4.69, 9.17) is 4.52 Å². The Morgan fingerprint density at radius 1 is 1.27 bits per heavy atom. The van der Waals surface area contributed by atoms with Gasteiger partial charge in [0.1, 0.15) is 6.04 Å². The lowest BCUT2D eigenvalue weighted by atomic mass is 9.95. The van der Waals surface area contributed by atoms with Crippen molar-refractivity contribution in [3.05, 3.63) is 11.7 Å². The molecule has 1 saturated heterocycles. The summed E-state index contributed by atoms with van der Waals surface area (Å²) in [4.78, 5) is 16.9. The van der Waals surface area contributed by atoms with E-state index < -0.39 is 0 Å². The number of carbonyl (C=O) groups is 1. The number of hydrogen-bond donors (Lipinski definition) is 2. The summed E-state index contributed by atoms with van der Waals surface area (Å²) in [6.07, 6.45) is 4.08. The van der Waals surface area contributed by atoms with Gasteiger partial charge in [0.15, 0.2) is 5.82 Å². The topological polar surface area (TPSA) is 80.0 Å². The number of amides is 1. The molecule has 0 bridgehead atoms. The molecule has 1 aliphatic carbocycles. The van der Waals surface area contributed by atoms with Crippen LogP contribution in [0.3, 0.4) is 0 Å². The summed E-state index contributed by atoms with van der Waals surface area (Å²) in [5.41, 5.74) is 0. The van der Waals surface area contributed by atoms with Gasteiger partial charge < -0.3 is 15.2 Å². The standard InChI is InChI=1S/C15H24N4O2.ClH/c1-9(2)12(15-18-13(19-21-15)10-3-4-10)17-14(20)11-5-7-16-8-6-11;/h9-12,16H,3-8H2,1-2H3,(H,17,20);1H. The maximum absolute atomic E-state index is 12.4. The molecule has 0 spiro atoms. The molecule has 1 aromatic rings. The first kappa shape index (κ1) is 17.2. The lowest BCUT2D eigenvalue weighted by molar-refractivity contribution is -0.127. The van der Waals surface area contributed by atoms with Crippen LogP contribution in [0.1, 0.15) is 63.2 Å². The maximum atomic E-state index is 12.4. The number of carbonyl (C=O) groups excluding carboxylic acids is 1. The van der Waals surface area contributed by atoms with Gasteiger partial charge in [-0.2, -0.15) is 4.98 Å². The van der Waals surface area contributed by atoms with Gasteiger partial charge in [0, 0.05) is 11.8 Å². The Morgan fingerprint density at radius 2 is 1.95 bits per heavy atom. The predicted octanol–water partition coefficient (Wildman–Crippen LogP) is 2.18. The molecular formula is C15H25ClN4O2. The van der Waals surface area contributed by atoms with Crippen molar-refractivity contribution in [3.8, 4) is 0 Å². The van der Waals surface area contributed by atoms with E-state index in [1.54, 1.807) is 0 Å². The molecule has 1 amide bonds. The fraction of sp³-hybridized carbons (Fsp3) is 0.800. The van der Waals surface area contributed by atoms with Gasteiger partial charge in [-0.25, -0.2) is 0 Å². The fourth-order valence-electron chi connectivity index (χ4n) is 2.75. The van der Waals surface area contributed by atoms with Crippen molar-refractivity contribution in [3.63, 3.8) is 0 Å². The number of aromatic nitrogens is 2. The Morgan fingerprint density at radius 3 is 2.55 bits per heavy atom. The van der Waals surface area contributed by atoms with Gasteiger partial charge in [0.05, 0.1) is 0 Å². The highest BCUT2D eigenvalue weighted by molar-refractivity contribution is 5.85. The first-order valence-electron chi connectivity index (χ1n) is 7.99. The maximum Gasteiger partial charge on any atom is 0.249 e. The molecule has 1 saturated carbocycles. The Bertz CT molecular complexity index is 495. The molecule has 2 aliphatic rings. The molecular weight excluding hydrogens is 304 g/mol. The van der Waals surface area contributed by atoms with E-state index in [0.717, 1.165) is 44.6 Å². The summed E-state index contributed by atoms with van der Waals surface area (Å²) in [5.74, 6) is 2.25. The van der Waals surface area contributed by atoms with Crippen LogP contribution in [0.2, 0.25) is 0 Å². The number of nitrogens with one attached hydrogen (secondary N) is 2. The number of hydrogen-bond acceptors (Lipinski definition) is 5. The Hall–Kier alpha value is -1.14. The first-order valence-corrected chi connectivity index (χ1v) is 7.99. The summed E-state index contributed by atoms with van der Waals surface area (Å²) >= 11 is 0. The second-order valence-corrected chi connectivity index (χ2v) is 6.52. The van der Waals surface area contributed by atoms with Crippen LogP contribution < -0.4 is 10.6 Å². The number of rotatable bonds is 5. The zero-order valence-corrected chi connectivity index (χ0v) is 14.0. The Balaban J connectivity index is 0.00000176. The molecule has 1 atom stereocenters. The Kier molecular flexibility index (Phi) is 5.81. The van der Waals surface area contributed by atoms with Crippen molar-refractivity contribution in [1.82, 2.24) is 20.8 Å². The molecule has 2 N–H and O–H groups in total. The van der Waals surface area contributed by atoms with Crippen LogP contribution in [0.5, 0.6) is 0 Å². The second-order valence-electron chi connectivity index (χ2n) is 6.52. The van der Waals surface area contributed by atoms with Gasteiger partial charge in [0.2, 0.25) is 11.8 Å². The zero-order valence-electron chi connectivity index (χ0n) is 13.2. The van der Waals surface area contributed by atoms with Gasteiger partial charge in [-0.05, 0) is 44.7 Å². The van der Waals surface area contributed by atoms with E-state index in [2.05, 4.69) is 34.6 Å². The first-order chi connectivity index (χ1) is 10.1. The molecule has 124 valence electrons. The third-order valence-corrected chi connectivity index (χ3v) is 4.34. The van der Waals surface area contributed by atoms with Crippen LogP contribution >= 0.6 is 12.4 Å². The van der Waals surface area contributed by atoms with Crippen molar-refractivity contribution in [2.45, 2.75) is 51.5 Å². The van der Waals surface area contributed by atoms with Gasteiger partial charge in [0.25, 0.3) is 0 Å². The molecule has 0 aromatic carbocycles. The largest absolute Gasteiger partial charge is 0.344 e. The lowest BCUT2D eigenvalue weighted by Gasteiger charge is -2.25. The summed E-state index contributed by atoms with van der Waals surface area (Å²) in [6, 6.07) is -0.188. The van der Waals surface area contributed by atoms with Crippen LogP contribution in [-0.4, -0.2) is 29.1 Å². The lowest BCUT2D eigenvalue weighted by Crippen LogP contribution is -2.41. The molecule has 1 aliphatic heterocycles. The number of piperidine rings is 1. The predicted molar refractivity (Wildman–Crippen MR) is 84.8 cm³/mol. The van der Waals surface area contributed by atoms with Crippen LogP contribution in [0, 0.1) is 11.8 Å². The average Bonchev–Trinajstić information content (AvgIpc) is 3.23. The van der Waals surface area contributed by atoms with Gasteiger partial charge in [-0.3, -0.25) is 4.79 Å². The fourth-order valence-corrected chi connectivity index (χ4v) is 2.75. The van der Waals surface area contributed by atoms with Crippen LogP contribution in [0.25, 0.3) is 0 Å². The normalized spacial score (nSPS) is 20.5. The summed E-state index contributed by atoms with van der Waals surface area (Å²) in [6.45, 7) is 5.95. The molecule has 6 nitrogen and oxygen atoms in total. The minimum Gasteiger partial charge on any atom is -0.344 e. The molecule has 1 aromatic heterocycles. The smallest absolute Gasteiger partial charge is 0.249 e. The second kappa shape index (κ2) is 7.42. The van der Waals surface area contributed by atoms with E-state index in [1.807, 2.05) is 0 Å². The number of nitrogens with zero attached hydrogens (tertiary/aromatic N) is 2. The third-order valence-electron chi connectivity index (χ3n) is 4.34. The molecule has 0 radical (unpaired) electrons. The third kappa shape index (κ3) is 3.98. The van der Waals surface area contributed by atoms with Crippen molar-refractivity contribution in [1.29, 1.82) is 0 Å². The van der Waals surface area contributed by atoms with Gasteiger partial charge in [-0.15, -0.1) is 12.4 Å². The molecule has 22 heavy (non-hydrogen) atoms.